The summed E-state index contributed by atoms with van der Waals surface area (Å²) in [5, 5.41) is 5.71. The van der Waals surface area contributed by atoms with Crippen LogP contribution in [0.4, 0.5) is 9.93 Å². The molecule has 2 aromatic carbocycles. The van der Waals surface area contributed by atoms with Gasteiger partial charge in [-0.2, -0.15) is 4.99 Å². The van der Waals surface area contributed by atoms with Crippen LogP contribution in [-0.4, -0.2) is 17.0 Å². The number of guanidine groups is 1. The lowest BCUT2D eigenvalue weighted by molar-refractivity contribution is 0.245. The highest BCUT2D eigenvalue weighted by Crippen LogP contribution is 2.27. The Morgan fingerprint density at radius 3 is 2.65 bits per heavy atom. The van der Waals surface area contributed by atoms with Gasteiger partial charge in [-0.15, -0.1) is 0 Å². The Morgan fingerprint density at radius 2 is 1.87 bits per heavy atom. The maximum Gasteiger partial charge on any atom is 0.321 e. The summed E-state index contributed by atoms with van der Waals surface area (Å²) in [6.07, 6.45) is 0. The number of carbonyl (C=O) groups is 1. The normalized spacial score (nSPS) is 11.4. The molecule has 0 saturated heterocycles. The SMILES string of the molecule is N/C(=N\c1nc2ccccc2s1)NC(=O)NCc1ccccc1. The molecule has 7 heteroatoms. The van der Waals surface area contributed by atoms with Crippen LogP contribution in [0.15, 0.2) is 59.6 Å². The molecule has 3 rings (SSSR count). The summed E-state index contributed by atoms with van der Waals surface area (Å²) in [4.78, 5) is 20.2. The van der Waals surface area contributed by atoms with Gasteiger partial charge in [0.2, 0.25) is 11.1 Å². The predicted molar refractivity (Wildman–Crippen MR) is 92.7 cm³/mol. The van der Waals surface area contributed by atoms with Gasteiger partial charge in [0.15, 0.2) is 0 Å². The van der Waals surface area contributed by atoms with Crippen molar-refractivity contribution in [1.82, 2.24) is 15.6 Å². The molecule has 1 aromatic heterocycles. The number of benzene rings is 2. The van der Waals surface area contributed by atoms with Crippen LogP contribution < -0.4 is 16.4 Å². The van der Waals surface area contributed by atoms with Crippen molar-refractivity contribution in [3.63, 3.8) is 0 Å². The highest BCUT2D eigenvalue weighted by Gasteiger charge is 2.05. The summed E-state index contributed by atoms with van der Waals surface area (Å²) >= 11 is 1.41. The van der Waals surface area contributed by atoms with Crippen LogP contribution in [0.2, 0.25) is 0 Å². The molecule has 116 valence electrons. The third-order valence-electron chi connectivity index (χ3n) is 3.04. The second-order valence-corrected chi connectivity index (χ2v) is 5.76. The van der Waals surface area contributed by atoms with Crippen LogP contribution in [-0.2, 0) is 6.54 Å². The Labute approximate surface area is 137 Å². The lowest BCUT2D eigenvalue weighted by Crippen LogP contribution is -2.42. The molecule has 0 aliphatic carbocycles. The maximum absolute atomic E-state index is 11.8. The quantitative estimate of drug-likeness (QED) is 0.510. The highest BCUT2D eigenvalue weighted by atomic mass is 32.1. The Hall–Kier alpha value is -2.93. The first-order valence-corrected chi connectivity index (χ1v) is 7.81. The summed E-state index contributed by atoms with van der Waals surface area (Å²) in [5.41, 5.74) is 7.61. The first-order valence-electron chi connectivity index (χ1n) is 6.99. The fourth-order valence-corrected chi connectivity index (χ4v) is 2.83. The number of para-hydroxylation sites is 1. The van der Waals surface area contributed by atoms with Gasteiger partial charge in [-0.3, -0.25) is 5.32 Å². The van der Waals surface area contributed by atoms with Crippen molar-refractivity contribution in [2.45, 2.75) is 6.54 Å². The van der Waals surface area contributed by atoms with E-state index < -0.39 is 6.03 Å². The minimum absolute atomic E-state index is 0.00891. The van der Waals surface area contributed by atoms with E-state index in [1.54, 1.807) is 0 Å². The summed E-state index contributed by atoms with van der Waals surface area (Å²) in [6, 6.07) is 16.9. The fourth-order valence-electron chi connectivity index (χ4n) is 1.98. The molecule has 2 amide bonds. The smallest absolute Gasteiger partial charge is 0.321 e. The molecule has 1 heterocycles. The van der Waals surface area contributed by atoms with Gasteiger partial charge >= 0.3 is 6.03 Å². The van der Waals surface area contributed by atoms with Crippen LogP contribution in [0.1, 0.15) is 5.56 Å². The van der Waals surface area contributed by atoms with Crippen molar-refractivity contribution < 1.29 is 4.79 Å². The number of hydrogen-bond donors (Lipinski definition) is 3. The first kappa shape index (κ1) is 15.0. The Bertz CT molecular complexity index is 811. The number of urea groups is 1. The van der Waals surface area contributed by atoms with Gasteiger partial charge in [-0.25, -0.2) is 9.78 Å². The van der Waals surface area contributed by atoms with E-state index >= 15 is 0 Å². The summed E-state index contributed by atoms with van der Waals surface area (Å²) in [7, 11) is 0. The molecule has 0 aliphatic heterocycles. The number of thiazole rings is 1. The third-order valence-corrected chi connectivity index (χ3v) is 3.97. The molecule has 3 aromatic rings. The molecule has 0 spiro atoms. The van der Waals surface area contributed by atoms with Crippen molar-refractivity contribution in [3.8, 4) is 0 Å². The number of aliphatic imine (C=N–C) groups is 1. The molecule has 0 aliphatic rings. The minimum Gasteiger partial charge on any atom is -0.369 e. The molecule has 0 saturated carbocycles. The van der Waals surface area contributed by atoms with E-state index in [9.17, 15) is 4.79 Å². The number of hydrogen-bond acceptors (Lipinski definition) is 4. The van der Waals surface area contributed by atoms with E-state index in [0.29, 0.717) is 11.7 Å². The zero-order chi connectivity index (χ0) is 16.1. The number of fused-ring (bicyclic) bond motifs is 1. The largest absolute Gasteiger partial charge is 0.369 e. The van der Waals surface area contributed by atoms with E-state index in [1.165, 1.54) is 11.3 Å². The average molecular weight is 325 g/mol. The molecule has 4 N–H and O–H groups in total. The third kappa shape index (κ3) is 4.04. The maximum atomic E-state index is 11.8. The lowest BCUT2D eigenvalue weighted by atomic mass is 10.2. The van der Waals surface area contributed by atoms with Crippen molar-refractivity contribution in [2.24, 2.45) is 10.7 Å². The molecule has 0 bridgehead atoms. The van der Waals surface area contributed by atoms with Crippen LogP contribution in [0.3, 0.4) is 0 Å². The van der Waals surface area contributed by atoms with E-state index in [2.05, 4.69) is 20.6 Å². The zero-order valence-corrected chi connectivity index (χ0v) is 13.0. The van der Waals surface area contributed by atoms with Gasteiger partial charge < -0.3 is 11.1 Å². The number of amides is 2. The van der Waals surface area contributed by atoms with E-state index in [-0.39, 0.29) is 5.96 Å². The topological polar surface area (TPSA) is 92.4 Å². The summed E-state index contributed by atoms with van der Waals surface area (Å²) < 4.78 is 1.02. The number of nitrogens with two attached hydrogens (primary N) is 1. The molecule has 0 unspecified atom stereocenters. The van der Waals surface area contributed by atoms with E-state index in [0.717, 1.165) is 15.8 Å². The predicted octanol–water partition coefficient (Wildman–Crippen LogP) is 2.74. The summed E-state index contributed by atoms with van der Waals surface area (Å²) in [5.74, 6) is 0.00891. The van der Waals surface area contributed by atoms with Crippen molar-refractivity contribution in [1.29, 1.82) is 0 Å². The Balaban J connectivity index is 1.59. The zero-order valence-electron chi connectivity index (χ0n) is 12.2. The van der Waals surface area contributed by atoms with Gasteiger partial charge in [0.05, 0.1) is 10.2 Å². The molecule has 0 atom stereocenters. The molecular formula is C16H15N5OS. The number of nitrogens with one attached hydrogen (secondary N) is 2. The number of nitrogens with zero attached hydrogens (tertiary/aromatic N) is 2. The van der Waals surface area contributed by atoms with Crippen LogP contribution in [0.5, 0.6) is 0 Å². The Morgan fingerprint density at radius 1 is 1.13 bits per heavy atom. The van der Waals surface area contributed by atoms with Crippen LogP contribution >= 0.6 is 11.3 Å². The standard InChI is InChI=1S/C16H15N5OS/c17-14(20-15(22)18-10-11-6-2-1-3-7-11)21-16-19-12-8-4-5-9-13(12)23-16/h1-9H,10H2,(H4,17,18,19,20,21,22). The van der Waals surface area contributed by atoms with Gasteiger partial charge in [0.25, 0.3) is 0 Å². The number of rotatable bonds is 3. The molecular weight excluding hydrogens is 310 g/mol. The average Bonchev–Trinajstić information content (AvgIpc) is 2.96. The van der Waals surface area contributed by atoms with Gasteiger partial charge in [-0.05, 0) is 17.7 Å². The van der Waals surface area contributed by atoms with Crippen molar-refractivity contribution in [2.75, 3.05) is 0 Å². The van der Waals surface area contributed by atoms with E-state index in [1.807, 2.05) is 54.6 Å². The number of aromatic nitrogens is 1. The van der Waals surface area contributed by atoms with Gasteiger partial charge in [-0.1, -0.05) is 53.8 Å². The molecule has 23 heavy (non-hydrogen) atoms. The monoisotopic (exact) mass is 325 g/mol. The second-order valence-electron chi connectivity index (χ2n) is 4.75. The van der Waals surface area contributed by atoms with E-state index in [4.69, 9.17) is 5.73 Å². The first-order chi connectivity index (χ1) is 11.2. The number of carbonyl (C=O) groups excluding carboxylic acids is 1. The van der Waals surface area contributed by atoms with Gasteiger partial charge in [0.1, 0.15) is 0 Å². The summed E-state index contributed by atoms with van der Waals surface area (Å²) in [6.45, 7) is 0.418. The van der Waals surface area contributed by atoms with Crippen molar-refractivity contribution >= 4 is 38.7 Å². The van der Waals surface area contributed by atoms with Gasteiger partial charge in [0, 0.05) is 6.54 Å². The van der Waals surface area contributed by atoms with Crippen LogP contribution in [0.25, 0.3) is 10.2 Å². The van der Waals surface area contributed by atoms with Crippen molar-refractivity contribution in [3.05, 3.63) is 60.2 Å². The molecule has 6 nitrogen and oxygen atoms in total. The fraction of sp³-hybridized carbons (Fsp3) is 0.0625. The molecule has 0 fully saturated rings. The second kappa shape index (κ2) is 6.89. The lowest BCUT2D eigenvalue weighted by Gasteiger charge is -2.06. The highest BCUT2D eigenvalue weighted by molar-refractivity contribution is 7.22. The Kier molecular flexibility index (Phi) is 4.49. The van der Waals surface area contributed by atoms with Crippen LogP contribution in [0, 0.1) is 0 Å². The molecule has 0 radical (unpaired) electrons. The minimum atomic E-state index is -0.406.